The lowest BCUT2D eigenvalue weighted by atomic mass is 10.0. The quantitative estimate of drug-likeness (QED) is 0.778. The molecule has 1 atom stereocenters. The SMILES string of the molecule is CCC(CC)C(=O)NC(CO)Cc1ccccc1. The molecule has 3 heteroatoms. The summed E-state index contributed by atoms with van der Waals surface area (Å²) in [5.74, 6) is 0.102. The second-order valence-corrected chi connectivity index (χ2v) is 4.59. The van der Waals surface area contributed by atoms with Gasteiger partial charge in [0.05, 0.1) is 12.6 Å². The fraction of sp³-hybridized carbons (Fsp3) is 0.533. The van der Waals surface area contributed by atoms with Gasteiger partial charge in [-0.05, 0) is 24.8 Å². The van der Waals surface area contributed by atoms with Gasteiger partial charge in [0.25, 0.3) is 0 Å². The second-order valence-electron chi connectivity index (χ2n) is 4.59. The Morgan fingerprint density at radius 1 is 1.22 bits per heavy atom. The summed E-state index contributed by atoms with van der Waals surface area (Å²) in [4.78, 5) is 11.9. The van der Waals surface area contributed by atoms with Gasteiger partial charge in [-0.3, -0.25) is 4.79 Å². The maximum Gasteiger partial charge on any atom is 0.223 e. The van der Waals surface area contributed by atoms with E-state index < -0.39 is 0 Å². The van der Waals surface area contributed by atoms with Gasteiger partial charge in [-0.1, -0.05) is 44.2 Å². The predicted octanol–water partition coefficient (Wildman–Crippen LogP) is 2.14. The van der Waals surface area contributed by atoms with Gasteiger partial charge in [-0.25, -0.2) is 0 Å². The van der Waals surface area contributed by atoms with E-state index in [0.29, 0.717) is 6.42 Å². The second kappa shape index (κ2) is 7.88. The van der Waals surface area contributed by atoms with Crippen molar-refractivity contribution in [3.8, 4) is 0 Å². The van der Waals surface area contributed by atoms with E-state index in [2.05, 4.69) is 5.32 Å². The molecule has 0 aliphatic heterocycles. The molecule has 3 nitrogen and oxygen atoms in total. The largest absolute Gasteiger partial charge is 0.394 e. The number of nitrogens with one attached hydrogen (secondary N) is 1. The van der Waals surface area contributed by atoms with E-state index in [1.54, 1.807) is 0 Å². The Kier molecular flexibility index (Phi) is 6.44. The fourth-order valence-electron chi connectivity index (χ4n) is 2.04. The average molecular weight is 249 g/mol. The third-order valence-electron chi connectivity index (χ3n) is 3.25. The van der Waals surface area contributed by atoms with E-state index in [0.717, 1.165) is 18.4 Å². The van der Waals surface area contributed by atoms with Crippen LogP contribution in [0.1, 0.15) is 32.3 Å². The van der Waals surface area contributed by atoms with Crippen molar-refractivity contribution in [2.45, 2.75) is 39.2 Å². The number of carbonyl (C=O) groups excluding carboxylic acids is 1. The number of benzene rings is 1. The van der Waals surface area contributed by atoms with Crippen molar-refractivity contribution >= 4 is 5.91 Å². The third kappa shape index (κ3) is 4.49. The van der Waals surface area contributed by atoms with Gasteiger partial charge >= 0.3 is 0 Å². The fourth-order valence-corrected chi connectivity index (χ4v) is 2.04. The molecule has 1 amide bonds. The van der Waals surface area contributed by atoms with Crippen LogP contribution in [0.15, 0.2) is 30.3 Å². The molecule has 1 aromatic rings. The van der Waals surface area contributed by atoms with E-state index in [9.17, 15) is 9.90 Å². The molecule has 1 unspecified atom stereocenters. The molecule has 0 fully saturated rings. The summed E-state index contributed by atoms with van der Waals surface area (Å²) in [5.41, 5.74) is 1.13. The lowest BCUT2D eigenvalue weighted by Gasteiger charge is -2.20. The van der Waals surface area contributed by atoms with E-state index in [1.807, 2.05) is 44.2 Å². The molecule has 0 bridgehead atoms. The smallest absolute Gasteiger partial charge is 0.223 e. The lowest BCUT2D eigenvalue weighted by molar-refractivity contribution is -0.126. The Hall–Kier alpha value is -1.35. The van der Waals surface area contributed by atoms with Crippen molar-refractivity contribution in [3.63, 3.8) is 0 Å². The number of rotatable bonds is 7. The molecular weight excluding hydrogens is 226 g/mol. The van der Waals surface area contributed by atoms with E-state index in [4.69, 9.17) is 0 Å². The summed E-state index contributed by atoms with van der Waals surface area (Å²) in [6.07, 6.45) is 2.35. The van der Waals surface area contributed by atoms with Crippen LogP contribution in [0.25, 0.3) is 0 Å². The van der Waals surface area contributed by atoms with Gasteiger partial charge in [-0.2, -0.15) is 0 Å². The van der Waals surface area contributed by atoms with Crippen LogP contribution in [-0.4, -0.2) is 23.7 Å². The van der Waals surface area contributed by atoms with Crippen LogP contribution in [0, 0.1) is 5.92 Å². The van der Waals surface area contributed by atoms with Crippen molar-refractivity contribution in [1.82, 2.24) is 5.32 Å². The summed E-state index contributed by atoms with van der Waals surface area (Å²) in [5, 5.41) is 12.3. The summed E-state index contributed by atoms with van der Waals surface area (Å²) in [7, 11) is 0. The van der Waals surface area contributed by atoms with Crippen LogP contribution in [0.3, 0.4) is 0 Å². The molecule has 100 valence electrons. The monoisotopic (exact) mass is 249 g/mol. The van der Waals surface area contributed by atoms with E-state index >= 15 is 0 Å². The molecule has 2 N–H and O–H groups in total. The van der Waals surface area contributed by atoms with Gasteiger partial charge in [0.15, 0.2) is 0 Å². The van der Waals surface area contributed by atoms with Crippen molar-refractivity contribution in [1.29, 1.82) is 0 Å². The molecule has 0 aromatic heterocycles. The molecule has 0 aliphatic rings. The zero-order valence-corrected chi connectivity index (χ0v) is 11.2. The zero-order valence-electron chi connectivity index (χ0n) is 11.2. The highest BCUT2D eigenvalue weighted by Crippen LogP contribution is 2.09. The average Bonchev–Trinajstić information content (AvgIpc) is 2.40. The van der Waals surface area contributed by atoms with Gasteiger partial charge < -0.3 is 10.4 Å². The minimum atomic E-state index is -0.194. The standard InChI is InChI=1S/C15H23NO2/c1-3-13(4-2)15(18)16-14(11-17)10-12-8-6-5-7-9-12/h5-9,13-14,17H,3-4,10-11H2,1-2H3,(H,16,18). The predicted molar refractivity (Wildman–Crippen MR) is 73.2 cm³/mol. The summed E-state index contributed by atoms with van der Waals surface area (Å²) < 4.78 is 0. The van der Waals surface area contributed by atoms with Crippen molar-refractivity contribution in [2.24, 2.45) is 5.92 Å². The molecule has 0 spiro atoms. The zero-order chi connectivity index (χ0) is 13.4. The van der Waals surface area contributed by atoms with Crippen LogP contribution in [-0.2, 0) is 11.2 Å². The van der Waals surface area contributed by atoms with Crippen LogP contribution in [0.2, 0.25) is 0 Å². The highest BCUT2D eigenvalue weighted by Gasteiger charge is 2.18. The first-order chi connectivity index (χ1) is 8.71. The van der Waals surface area contributed by atoms with Crippen molar-refractivity contribution < 1.29 is 9.90 Å². The van der Waals surface area contributed by atoms with Gasteiger partial charge in [-0.15, -0.1) is 0 Å². The first kappa shape index (κ1) is 14.7. The van der Waals surface area contributed by atoms with Crippen molar-refractivity contribution in [2.75, 3.05) is 6.61 Å². The number of aliphatic hydroxyl groups is 1. The van der Waals surface area contributed by atoms with Crippen LogP contribution >= 0.6 is 0 Å². The minimum absolute atomic E-state index is 0.0270. The lowest BCUT2D eigenvalue weighted by Crippen LogP contribution is -2.42. The number of carbonyl (C=O) groups is 1. The van der Waals surface area contributed by atoms with Crippen LogP contribution in [0.5, 0.6) is 0 Å². The Morgan fingerprint density at radius 3 is 2.33 bits per heavy atom. The summed E-state index contributed by atoms with van der Waals surface area (Å²) >= 11 is 0. The summed E-state index contributed by atoms with van der Waals surface area (Å²) in [6, 6.07) is 9.71. The highest BCUT2D eigenvalue weighted by atomic mass is 16.3. The van der Waals surface area contributed by atoms with Crippen LogP contribution in [0.4, 0.5) is 0 Å². The molecule has 1 aromatic carbocycles. The molecule has 0 radical (unpaired) electrons. The van der Waals surface area contributed by atoms with Crippen LogP contribution < -0.4 is 5.32 Å². The Balaban J connectivity index is 2.54. The Morgan fingerprint density at radius 2 is 1.83 bits per heavy atom. The highest BCUT2D eigenvalue weighted by molar-refractivity contribution is 5.78. The minimum Gasteiger partial charge on any atom is -0.394 e. The Bertz CT molecular complexity index is 347. The molecule has 0 aliphatic carbocycles. The first-order valence-electron chi connectivity index (χ1n) is 6.66. The van der Waals surface area contributed by atoms with Gasteiger partial charge in [0.2, 0.25) is 5.91 Å². The molecule has 0 saturated carbocycles. The first-order valence-corrected chi connectivity index (χ1v) is 6.66. The van der Waals surface area contributed by atoms with E-state index in [-0.39, 0.29) is 24.5 Å². The maximum atomic E-state index is 11.9. The molecule has 0 saturated heterocycles. The molecule has 0 heterocycles. The number of hydrogen-bond donors (Lipinski definition) is 2. The van der Waals surface area contributed by atoms with E-state index in [1.165, 1.54) is 0 Å². The van der Waals surface area contributed by atoms with Crippen molar-refractivity contribution in [3.05, 3.63) is 35.9 Å². The summed E-state index contributed by atoms with van der Waals surface area (Å²) in [6.45, 7) is 4.00. The molecule has 1 rings (SSSR count). The number of hydrogen-bond acceptors (Lipinski definition) is 2. The Labute approximate surface area is 109 Å². The van der Waals surface area contributed by atoms with Gasteiger partial charge in [0.1, 0.15) is 0 Å². The maximum absolute atomic E-state index is 11.9. The molecular formula is C15H23NO2. The molecule has 18 heavy (non-hydrogen) atoms. The topological polar surface area (TPSA) is 49.3 Å². The number of aliphatic hydroxyl groups excluding tert-OH is 1. The third-order valence-corrected chi connectivity index (χ3v) is 3.25. The van der Waals surface area contributed by atoms with Gasteiger partial charge in [0, 0.05) is 5.92 Å². The normalized spacial score (nSPS) is 12.4. The number of amides is 1.